The number of nitrogens with one attached hydrogen (secondary N) is 1. The minimum absolute atomic E-state index is 0.00231. The molecule has 3 heterocycles. The number of ether oxygens (including phenoxy) is 2. The second-order valence-corrected chi connectivity index (χ2v) is 10.9. The van der Waals surface area contributed by atoms with Gasteiger partial charge in [0, 0.05) is 31.2 Å². The quantitative estimate of drug-likeness (QED) is 0.224. The predicted octanol–water partition coefficient (Wildman–Crippen LogP) is 3.02. The van der Waals surface area contributed by atoms with Crippen molar-refractivity contribution in [3.05, 3.63) is 83.1 Å². The molecule has 12 nitrogen and oxygen atoms in total. The summed E-state index contributed by atoms with van der Waals surface area (Å²) < 4.78 is 14.2. The molecule has 0 unspecified atom stereocenters. The Morgan fingerprint density at radius 1 is 1.14 bits per heavy atom. The molecule has 0 spiro atoms. The van der Waals surface area contributed by atoms with Crippen molar-refractivity contribution in [2.75, 3.05) is 32.0 Å². The standard InChI is InChI=1S/C31H34N8O4/c1-21(36-29(40)22(18-32)17-31(2,3)37-13-15-42-16-14-37)19-38-28-26(27(33)34-20-35-28)39(30(38)41)23-9-11-25(12-10-23)43-24-7-5-4-6-8-24/h4-12,17,20-21H,13-16,19H2,1-3H3,(H,36,40)(H2,33,34,35)/t21-/m0/s1. The van der Waals surface area contributed by atoms with E-state index >= 15 is 0 Å². The molecular formula is C31H34N8O4. The summed E-state index contributed by atoms with van der Waals surface area (Å²) >= 11 is 0. The third kappa shape index (κ3) is 6.43. The zero-order chi connectivity index (χ0) is 30.6. The number of aromatic nitrogens is 4. The Balaban J connectivity index is 1.38. The van der Waals surface area contributed by atoms with Gasteiger partial charge >= 0.3 is 5.69 Å². The number of nitrogens with two attached hydrogens (primary N) is 1. The third-order valence-corrected chi connectivity index (χ3v) is 7.33. The van der Waals surface area contributed by atoms with E-state index in [0.717, 1.165) is 0 Å². The number of hydrogen-bond acceptors (Lipinski definition) is 9. The molecule has 4 aromatic rings. The summed E-state index contributed by atoms with van der Waals surface area (Å²) in [6.07, 6.45) is 2.97. The molecule has 1 saturated heterocycles. The summed E-state index contributed by atoms with van der Waals surface area (Å²) in [6.45, 7) is 8.40. The molecule has 222 valence electrons. The zero-order valence-corrected chi connectivity index (χ0v) is 24.4. The summed E-state index contributed by atoms with van der Waals surface area (Å²) in [5.74, 6) is 0.917. The first-order valence-corrected chi connectivity index (χ1v) is 14.0. The molecule has 0 aliphatic carbocycles. The number of nitrogen functional groups attached to an aromatic ring is 1. The Bertz CT molecular complexity index is 1730. The van der Waals surface area contributed by atoms with Gasteiger partial charge in [-0.3, -0.25) is 18.8 Å². The number of anilines is 1. The third-order valence-electron chi connectivity index (χ3n) is 7.33. The van der Waals surface area contributed by atoms with Crippen LogP contribution in [0.25, 0.3) is 16.9 Å². The van der Waals surface area contributed by atoms with Crippen LogP contribution < -0.4 is 21.5 Å². The molecule has 3 N–H and O–H groups in total. The van der Waals surface area contributed by atoms with Crippen molar-refractivity contribution in [1.82, 2.24) is 29.3 Å². The Kier molecular flexibility index (Phi) is 8.56. The number of carbonyl (C=O) groups is 1. The van der Waals surface area contributed by atoms with Gasteiger partial charge in [0.1, 0.15) is 35.0 Å². The summed E-state index contributed by atoms with van der Waals surface area (Å²) in [5.41, 5.74) is 6.54. The van der Waals surface area contributed by atoms with Crippen LogP contribution in [-0.2, 0) is 16.1 Å². The van der Waals surface area contributed by atoms with Crippen LogP contribution >= 0.6 is 0 Å². The summed E-state index contributed by atoms with van der Waals surface area (Å²) in [6, 6.07) is 17.9. The van der Waals surface area contributed by atoms with E-state index in [1.54, 1.807) is 37.3 Å². The summed E-state index contributed by atoms with van der Waals surface area (Å²) in [7, 11) is 0. The highest BCUT2D eigenvalue weighted by atomic mass is 16.5. The van der Waals surface area contributed by atoms with Crippen molar-refractivity contribution < 1.29 is 14.3 Å². The van der Waals surface area contributed by atoms with Crippen LogP contribution in [-0.4, -0.2) is 67.8 Å². The topological polar surface area (TPSA) is 153 Å². The maximum absolute atomic E-state index is 13.8. The van der Waals surface area contributed by atoms with Gasteiger partial charge in [0.2, 0.25) is 0 Å². The molecule has 0 bridgehead atoms. The second kappa shape index (κ2) is 12.5. The van der Waals surface area contributed by atoms with E-state index in [1.165, 1.54) is 15.5 Å². The molecule has 43 heavy (non-hydrogen) atoms. The maximum atomic E-state index is 13.8. The fourth-order valence-electron chi connectivity index (χ4n) is 5.15. The number of fused-ring (bicyclic) bond motifs is 1. The average molecular weight is 583 g/mol. The molecule has 1 atom stereocenters. The molecular weight excluding hydrogens is 548 g/mol. The Hall–Kier alpha value is -4.99. The Morgan fingerprint density at radius 3 is 2.49 bits per heavy atom. The molecule has 2 aromatic heterocycles. The zero-order valence-electron chi connectivity index (χ0n) is 24.4. The molecule has 1 aliphatic heterocycles. The largest absolute Gasteiger partial charge is 0.457 e. The van der Waals surface area contributed by atoms with Crippen molar-refractivity contribution in [1.29, 1.82) is 5.26 Å². The minimum atomic E-state index is -0.523. The van der Waals surface area contributed by atoms with Crippen molar-refractivity contribution in [2.24, 2.45) is 0 Å². The van der Waals surface area contributed by atoms with E-state index in [0.29, 0.717) is 54.7 Å². The number of nitrogens with zero attached hydrogens (tertiary/aromatic N) is 6. The lowest BCUT2D eigenvalue weighted by molar-refractivity contribution is -0.117. The van der Waals surface area contributed by atoms with Gasteiger partial charge in [-0.1, -0.05) is 18.2 Å². The maximum Gasteiger partial charge on any atom is 0.335 e. The van der Waals surface area contributed by atoms with Crippen LogP contribution in [0.5, 0.6) is 11.5 Å². The highest BCUT2D eigenvalue weighted by Gasteiger charge is 2.28. The first-order chi connectivity index (χ1) is 20.7. The molecule has 1 fully saturated rings. The summed E-state index contributed by atoms with van der Waals surface area (Å²) in [5, 5.41) is 12.6. The van der Waals surface area contributed by atoms with Crippen LogP contribution in [0.1, 0.15) is 20.8 Å². The molecule has 12 heteroatoms. The van der Waals surface area contributed by atoms with E-state index in [2.05, 4.69) is 20.2 Å². The highest BCUT2D eigenvalue weighted by Crippen LogP contribution is 2.25. The minimum Gasteiger partial charge on any atom is -0.457 e. The average Bonchev–Trinajstić information content (AvgIpc) is 3.29. The Labute approximate surface area is 249 Å². The number of hydrogen-bond donors (Lipinski definition) is 2. The number of para-hydroxylation sites is 1. The lowest BCUT2D eigenvalue weighted by Gasteiger charge is -2.39. The highest BCUT2D eigenvalue weighted by molar-refractivity contribution is 5.97. The van der Waals surface area contributed by atoms with Crippen molar-refractivity contribution in [3.63, 3.8) is 0 Å². The van der Waals surface area contributed by atoms with Gasteiger partial charge in [0.05, 0.1) is 18.9 Å². The number of benzene rings is 2. The van der Waals surface area contributed by atoms with Crippen LogP contribution in [0.2, 0.25) is 0 Å². The van der Waals surface area contributed by atoms with Crippen LogP contribution in [0.15, 0.2) is 77.4 Å². The van der Waals surface area contributed by atoms with Gasteiger partial charge in [-0.15, -0.1) is 0 Å². The number of imidazole rings is 1. The first kappa shape index (κ1) is 29.5. The molecule has 2 aromatic carbocycles. The predicted molar refractivity (Wildman–Crippen MR) is 162 cm³/mol. The molecule has 5 rings (SSSR count). The normalized spacial score (nSPS) is 15.2. The van der Waals surface area contributed by atoms with Gasteiger partial charge in [-0.25, -0.2) is 14.8 Å². The smallest absolute Gasteiger partial charge is 0.335 e. The van der Waals surface area contributed by atoms with Gasteiger partial charge in [-0.2, -0.15) is 5.26 Å². The number of nitriles is 1. The van der Waals surface area contributed by atoms with Gasteiger partial charge in [-0.05, 0) is 63.2 Å². The van der Waals surface area contributed by atoms with E-state index < -0.39 is 23.2 Å². The molecule has 0 saturated carbocycles. The number of rotatable bonds is 9. The van der Waals surface area contributed by atoms with Gasteiger partial charge in [0.15, 0.2) is 11.5 Å². The Morgan fingerprint density at radius 2 is 1.81 bits per heavy atom. The number of morpholine rings is 1. The number of amides is 1. The van der Waals surface area contributed by atoms with Gasteiger partial charge in [0.25, 0.3) is 5.91 Å². The van der Waals surface area contributed by atoms with Crippen LogP contribution in [0, 0.1) is 11.3 Å². The van der Waals surface area contributed by atoms with Crippen LogP contribution in [0.4, 0.5) is 5.82 Å². The monoisotopic (exact) mass is 582 g/mol. The second-order valence-electron chi connectivity index (χ2n) is 10.9. The lowest BCUT2D eigenvalue weighted by Crippen LogP contribution is -2.49. The van der Waals surface area contributed by atoms with E-state index in [4.69, 9.17) is 15.2 Å². The first-order valence-electron chi connectivity index (χ1n) is 14.0. The lowest BCUT2D eigenvalue weighted by atomic mass is 9.98. The fourth-order valence-corrected chi connectivity index (χ4v) is 5.15. The van der Waals surface area contributed by atoms with Gasteiger partial charge < -0.3 is 20.5 Å². The van der Waals surface area contributed by atoms with Crippen LogP contribution in [0.3, 0.4) is 0 Å². The van der Waals surface area contributed by atoms with E-state index in [-0.39, 0.29) is 17.9 Å². The molecule has 1 aliphatic rings. The van der Waals surface area contributed by atoms with Crippen molar-refractivity contribution in [2.45, 2.75) is 38.9 Å². The summed E-state index contributed by atoms with van der Waals surface area (Å²) in [4.78, 5) is 37.5. The van der Waals surface area contributed by atoms with E-state index in [1.807, 2.05) is 50.2 Å². The van der Waals surface area contributed by atoms with Crippen molar-refractivity contribution >= 4 is 22.9 Å². The van der Waals surface area contributed by atoms with Crippen molar-refractivity contribution in [3.8, 4) is 23.3 Å². The van der Waals surface area contributed by atoms with E-state index in [9.17, 15) is 14.9 Å². The number of carbonyl (C=O) groups excluding carboxylic acids is 1. The molecule has 0 radical (unpaired) electrons. The SMILES string of the molecule is C[C@@H](Cn1c(=O)n(-c2ccc(Oc3ccccc3)cc2)c2c(N)ncnc21)NC(=O)C(C#N)=CC(C)(C)N1CCOCC1. The molecule has 1 amide bonds. The fraction of sp³-hybridized carbons (Fsp3) is 0.323.